The molecule has 3 unspecified atom stereocenters. The first kappa shape index (κ1) is 26.4. The van der Waals surface area contributed by atoms with Crippen molar-refractivity contribution in [2.75, 3.05) is 6.54 Å². The first-order chi connectivity index (χ1) is 14.0. The molecule has 1 aromatic carbocycles. The van der Waals surface area contributed by atoms with Gasteiger partial charge in [0.15, 0.2) is 0 Å². The molecule has 1 rings (SSSR count). The maximum absolute atomic E-state index is 12.3. The number of benzene rings is 1. The molecule has 0 aromatic heterocycles. The molecular formula is C25H44N2O3. The number of carbonyl (C=O) groups excluding carboxylic acids is 1. The third-order valence-corrected chi connectivity index (χ3v) is 4.92. The predicted octanol–water partition coefficient (Wildman–Crippen LogP) is 5.44. The second-order valence-electron chi connectivity index (χ2n) is 10.1. The largest absolute Gasteiger partial charge is 0.444 e. The van der Waals surface area contributed by atoms with E-state index in [9.17, 15) is 9.90 Å². The highest BCUT2D eigenvalue weighted by Gasteiger charge is 2.28. The standard InChI is InChI=1S/C25H44N2O3/c1-18(2)12-11-15-26-21(20-13-9-8-10-14-20)17-23(28)22(16-19(3)4)27-24(29)30-25(5,6)7/h8-10,13-14,18-19,21-23,26,28H,11-12,15-17H2,1-7H3,(H,27,29). The van der Waals surface area contributed by atoms with E-state index in [0.717, 1.165) is 18.5 Å². The van der Waals surface area contributed by atoms with Crippen LogP contribution in [-0.2, 0) is 4.74 Å². The zero-order valence-electron chi connectivity index (χ0n) is 20.1. The number of aliphatic hydroxyl groups is 1. The van der Waals surface area contributed by atoms with Crippen LogP contribution in [0.15, 0.2) is 30.3 Å². The van der Waals surface area contributed by atoms with Crippen LogP contribution in [0.4, 0.5) is 4.79 Å². The molecule has 1 amide bonds. The zero-order chi connectivity index (χ0) is 22.7. The summed E-state index contributed by atoms with van der Waals surface area (Å²) in [7, 11) is 0. The van der Waals surface area contributed by atoms with Crippen molar-refractivity contribution in [3.63, 3.8) is 0 Å². The van der Waals surface area contributed by atoms with Crippen LogP contribution in [0.2, 0.25) is 0 Å². The fourth-order valence-corrected chi connectivity index (χ4v) is 3.49. The molecule has 5 nitrogen and oxygen atoms in total. The number of hydrogen-bond acceptors (Lipinski definition) is 4. The van der Waals surface area contributed by atoms with E-state index in [1.807, 2.05) is 39.0 Å². The Morgan fingerprint density at radius 3 is 2.20 bits per heavy atom. The van der Waals surface area contributed by atoms with E-state index in [-0.39, 0.29) is 12.1 Å². The number of carbonyl (C=O) groups is 1. The average molecular weight is 421 g/mol. The Bertz CT molecular complexity index is 596. The number of rotatable bonds is 12. The van der Waals surface area contributed by atoms with E-state index in [0.29, 0.717) is 24.7 Å². The molecule has 0 heterocycles. The topological polar surface area (TPSA) is 70.6 Å². The minimum Gasteiger partial charge on any atom is -0.444 e. The summed E-state index contributed by atoms with van der Waals surface area (Å²) < 4.78 is 5.41. The summed E-state index contributed by atoms with van der Waals surface area (Å²) in [6.07, 6.45) is 2.33. The van der Waals surface area contributed by atoms with E-state index in [4.69, 9.17) is 4.74 Å². The summed E-state index contributed by atoms with van der Waals surface area (Å²) in [5.74, 6) is 1.02. The van der Waals surface area contributed by atoms with Gasteiger partial charge in [-0.15, -0.1) is 0 Å². The molecule has 3 N–H and O–H groups in total. The second kappa shape index (κ2) is 13.0. The van der Waals surface area contributed by atoms with Crippen LogP contribution in [0.1, 0.15) is 85.8 Å². The predicted molar refractivity (Wildman–Crippen MR) is 124 cm³/mol. The van der Waals surface area contributed by atoms with Crippen molar-refractivity contribution in [3.05, 3.63) is 35.9 Å². The van der Waals surface area contributed by atoms with Crippen LogP contribution >= 0.6 is 0 Å². The van der Waals surface area contributed by atoms with E-state index in [1.54, 1.807) is 0 Å². The Kier molecular flexibility index (Phi) is 11.4. The monoisotopic (exact) mass is 420 g/mol. The van der Waals surface area contributed by atoms with Crippen molar-refractivity contribution >= 4 is 6.09 Å². The molecule has 3 atom stereocenters. The number of nitrogens with one attached hydrogen (secondary N) is 2. The Balaban J connectivity index is 2.84. The molecule has 30 heavy (non-hydrogen) atoms. The molecule has 0 aliphatic heterocycles. The number of aliphatic hydroxyl groups excluding tert-OH is 1. The van der Waals surface area contributed by atoms with Crippen LogP contribution in [-0.4, -0.2) is 35.5 Å². The molecule has 172 valence electrons. The Hall–Kier alpha value is -1.59. The summed E-state index contributed by atoms with van der Waals surface area (Å²) in [5.41, 5.74) is 0.587. The van der Waals surface area contributed by atoms with Gasteiger partial charge in [0.05, 0.1) is 12.1 Å². The van der Waals surface area contributed by atoms with Gasteiger partial charge in [-0.3, -0.25) is 0 Å². The Morgan fingerprint density at radius 2 is 1.67 bits per heavy atom. The van der Waals surface area contributed by atoms with Crippen LogP contribution in [0.3, 0.4) is 0 Å². The molecule has 0 aliphatic carbocycles. The fraction of sp³-hybridized carbons (Fsp3) is 0.720. The lowest BCUT2D eigenvalue weighted by atomic mass is 9.92. The second-order valence-corrected chi connectivity index (χ2v) is 10.1. The van der Waals surface area contributed by atoms with Crippen LogP contribution in [0, 0.1) is 11.8 Å². The van der Waals surface area contributed by atoms with Gasteiger partial charge in [0.25, 0.3) is 0 Å². The van der Waals surface area contributed by atoms with Gasteiger partial charge in [0.2, 0.25) is 0 Å². The smallest absolute Gasteiger partial charge is 0.407 e. The van der Waals surface area contributed by atoms with Gasteiger partial charge in [0.1, 0.15) is 5.60 Å². The van der Waals surface area contributed by atoms with E-state index < -0.39 is 17.8 Å². The summed E-state index contributed by atoms with van der Waals surface area (Å²) in [6.45, 7) is 15.1. The number of ether oxygens (including phenoxy) is 1. The SMILES string of the molecule is CC(C)CCCNC(CC(O)C(CC(C)C)NC(=O)OC(C)(C)C)c1ccccc1. The van der Waals surface area contributed by atoms with Crippen molar-refractivity contribution in [2.24, 2.45) is 11.8 Å². The highest BCUT2D eigenvalue weighted by atomic mass is 16.6. The lowest BCUT2D eigenvalue weighted by Crippen LogP contribution is -2.47. The van der Waals surface area contributed by atoms with Gasteiger partial charge in [-0.2, -0.15) is 0 Å². The minimum atomic E-state index is -0.678. The van der Waals surface area contributed by atoms with Gasteiger partial charge < -0.3 is 20.5 Å². The summed E-state index contributed by atoms with van der Waals surface area (Å²) >= 11 is 0. The molecule has 0 radical (unpaired) electrons. The van der Waals surface area contributed by atoms with E-state index in [2.05, 4.69) is 50.5 Å². The zero-order valence-corrected chi connectivity index (χ0v) is 20.1. The number of hydrogen-bond donors (Lipinski definition) is 3. The average Bonchev–Trinajstić information content (AvgIpc) is 2.62. The van der Waals surface area contributed by atoms with Crippen molar-refractivity contribution in [3.8, 4) is 0 Å². The van der Waals surface area contributed by atoms with Gasteiger partial charge >= 0.3 is 6.09 Å². The molecular weight excluding hydrogens is 376 g/mol. The molecule has 0 spiro atoms. The highest BCUT2D eigenvalue weighted by molar-refractivity contribution is 5.68. The van der Waals surface area contributed by atoms with Crippen molar-refractivity contribution in [1.29, 1.82) is 0 Å². The normalized spacial score (nSPS) is 15.1. The summed E-state index contributed by atoms with van der Waals surface area (Å²) in [4.78, 5) is 12.3. The third-order valence-electron chi connectivity index (χ3n) is 4.92. The minimum absolute atomic E-state index is 0.0310. The lowest BCUT2D eigenvalue weighted by Gasteiger charge is -2.30. The molecule has 0 saturated carbocycles. The van der Waals surface area contributed by atoms with Crippen molar-refractivity contribution < 1.29 is 14.6 Å². The van der Waals surface area contributed by atoms with Gasteiger partial charge in [-0.05, 0) is 70.4 Å². The quantitative estimate of drug-likeness (QED) is 0.394. The van der Waals surface area contributed by atoms with Gasteiger partial charge in [0, 0.05) is 6.04 Å². The highest BCUT2D eigenvalue weighted by Crippen LogP contribution is 2.22. The molecule has 0 fully saturated rings. The van der Waals surface area contributed by atoms with Crippen LogP contribution in [0.25, 0.3) is 0 Å². The number of amides is 1. The van der Waals surface area contributed by atoms with E-state index in [1.165, 1.54) is 6.42 Å². The number of alkyl carbamates (subject to hydrolysis) is 1. The van der Waals surface area contributed by atoms with Crippen molar-refractivity contribution in [2.45, 2.75) is 97.9 Å². The third kappa shape index (κ3) is 11.6. The molecule has 5 heteroatoms. The summed E-state index contributed by atoms with van der Waals surface area (Å²) in [6, 6.07) is 9.90. The van der Waals surface area contributed by atoms with Crippen LogP contribution < -0.4 is 10.6 Å². The molecule has 1 aromatic rings. The summed E-state index contributed by atoms with van der Waals surface area (Å²) in [5, 5.41) is 17.6. The maximum Gasteiger partial charge on any atom is 0.407 e. The van der Waals surface area contributed by atoms with Gasteiger partial charge in [-0.25, -0.2) is 4.79 Å². The first-order valence-corrected chi connectivity index (χ1v) is 11.4. The van der Waals surface area contributed by atoms with E-state index >= 15 is 0 Å². The van der Waals surface area contributed by atoms with Gasteiger partial charge in [-0.1, -0.05) is 58.0 Å². The molecule has 0 aliphatic rings. The van der Waals surface area contributed by atoms with Crippen LogP contribution in [0.5, 0.6) is 0 Å². The van der Waals surface area contributed by atoms with Crippen molar-refractivity contribution in [1.82, 2.24) is 10.6 Å². The first-order valence-electron chi connectivity index (χ1n) is 11.4. The maximum atomic E-state index is 12.3. The Labute approximate surface area is 184 Å². The fourth-order valence-electron chi connectivity index (χ4n) is 3.49. The molecule has 0 saturated heterocycles. The molecule has 0 bridgehead atoms. The lowest BCUT2D eigenvalue weighted by molar-refractivity contribution is 0.0378. The Morgan fingerprint density at radius 1 is 1.03 bits per heavy atom.